The molecule has 2 saturated carbocycles. The van der Waals surface area contributed by atoms with Gasteiger partial charge in [0.05, 0.1) is 6.61 Å². The Kier molecular flexibility index (Phi) is 10.7. The number of halogens is 4. The van der Waals surface area contributed by atoms with Gasteiger partial charge in [-0.05, 0) is 125 Å². The van der Waals surface area contributed by atoms with Crippen LogP contribution in [0.2, 0.25) is 0 Å². The lowest BCUT2D eigenvalue weighted by molar-refractivity contribution is 0.295. The van der Waals surface area contributed by atoms with Gasteiger partial charge in [-0.1, -0.05) is 30.4 Å². The second-order valence-electron chi connectivity index (χ2n) is 11.4. The second-order valence-corrected chi connectivity index (χ2v) is 11.4. The van der Waals surface area contributed by atoms with Crippen LogP contribution in [0.25, 0.3) is 11.1 Å². The maximum atomic E-state index is 15.1. The molecule has 0 atom stereocenters. The van der Waals surface area contributed by atoms with Crippen LogP contribution in [-0.2, 0) is 0 Å². The van der Waals surface area contributed by atoms with Crippen molar-refractivity contribution < 1.29 is 22.3 Å². The molecule has 0 saturated heterocycles. The fraction of sp³-hybridized carbons (Fsp3) is 0.529. The minimum atomic E-state index is -1.24. The monoisotopic (exact) mass is 542 g/mol. The van der Waals surface area contributed by atoms with Gasteiger partial charge in [0.15, 0.2) is 23.2 Å². The van der Waals surface area contributed by atoms with Crippen molar-refractivity contribution in [3.8, 4) is 16.9 Å². The van der Waals surface area contributed by atoms with Crippen LogP contribution in [0.15, 0.2) is 49.1 Å². The van der Waals surface area contributed by atoms with E-state index in [0.29, 0.717) is 17.4 Å². The van der Waals surface area contributed by atoms with Crippen molar-refractivity contribution >= 4 is 0 Å². The minimum absolute atomic E-state index is 0.0569. The third-order valence-electron chi connectivity index (χ3n) is 8.86. The van der Waals surface area contributed by atoms with Gasteiger partial charge in [-0.25, -0.2) is 13.2 Å². The van der Waals surface area contributed by atoms with E-state index in [9.17, 15) is 8.78 Å². The van der Waals surface area contributed by atoms with Gasteiger partial charge in [0.2, 0.25) is 5.82 Å². The maximum absolute atomic E-state index is 15.1. The van der Waals surface area contributed by atoms with Gasteiger partial charge >= 0.3 is 0 Å². The van der Waals surface area contributed by atoms with E-state index in [1.54, 1.807) is 13.0 Å². The predicted molar refractivity (Wildman–Crippen MR) is 151 cm³/mol. The lowest BCUT2D eigenvalue weighted by Crippen LogP contribution is -2.15. The molecule has 0 unspecified atom stereocenters. The summed E-state index contributed by atoms with van der Waals surface area (Å²) in [6.07, 6.45) is 20.3. The highest BCUT2D eigenvalue weighted by Crippen LogP contribution is 2.41. The summed E-state index contributed by atoms with van der Waals surface area (Å²) in [6.45, 7) is 5.66. The molecule has 1 nitrogen and oxygen atoms in total. The fourth-order valence-corrected chi connectivity index (χ4v) is 6.50. The van der Waals surface area contributed by atoms with Crippen molar-refractivity contribution in [1.82, 2.24) is 0 Å². The van der Waals surface area contributed by atoms with E-state index >= 15 is 8.78 Å². The summed E-state index contributed by atoms with van der Waals surface area (Å²) >= 11 is 0. The first kappa shape index (κ1) is 29.4. The minimum Gasteiger partial charge on any atom is -0.491 e. The van der Waals surface area contributed by atoms with E-state index in [-0.39, 0.29) is 29.4 Å². The molecule has 2 aliphatic rings. The summed E-state index contributed by atoms with van der Waals surface area (Å²) in [7, 11) is 0. The number of rotatable bonds is 11. The first-order chi connectivity index (χ1) is 18.9. The van der Waals surface area contributed by atoms with Crippen LogP contribution < -0.4 is 4.74 Å². The zero-order chi connectivity index (χ0) is 27.8. The number of benzene rings is 2. The van der Waals surface area contributed by atoms with Crippen molar-refractivity contribution in [2.24, 2.45) is 17.8 Å². The standard InChI is InChI=1S/C34H42F4O/c1-3-5-8-23-11-13-24(14-12-23)9-6-7-10-25-15-17-26(18-16-25)27-19-20-28(32(36)31(27)35)29-21-22-30(39-4-2)34(38)33(29)37/h3,6,9,19-26H,1,4-5,7-8,10-18H2,2H3/b9-6+. The highest BCUT2D eigenvalue weighted by Gasteiger charge is 2.27. The Morgan fingerprint density at radius 3 is 1.97 bits per heavy atom. The van der Waals surface area contributed by atoms with Gasteiger partial charge in [-0.15, -0.1) is 6.58 Å². The molecule has 4 rings (SSSR count). The molecule has 2 aliphatic carbocycles. The Balaban J connectivity index is 1.27. The Morgan fingerprint density at radius 1 is 0.744 bits per heavy atom. The first-order valence-corrected chi connectivity index (χ1v) is 14.8. The molecule has 0 heterocycles. The van der Waals surface area contributed by atoms with Gasteiger partial charge in [0.25, 0.3) is 0 Å². The van der Waals surface area contributed by atoms with Crippen LogP contribution in [0.5, 0.6) is 5.75 Å². The Bertz CT molecular complexity index is 1120. The average Bonchev–Trinajstić information content (AvgIpc) is 2.95. The smallest absolute Gasteiger partial charge is 0.201 e. The first-order valence-electron chi connectivity index (χ1n) is 14.8. The second kappa shape index (κ2) is 14.2. The van der Waals surface area contributed by atoms with E-state index < -0.39 is 23.3 Å². The third-order valence-corrected chi connectivity index (χ3v) is 8.86. The van der Waals surface area contributed by atoms with E-state index in [4.69, 9.17) is 4.74 Å². The molecule has 0 radical (unpaired) electrons. The molecule has 0 N–H and O–H groups in total. The summed E-state index contributed by atoms with van der Waals surface area (Å²) in [5, 5.41) is 0. The summed E-state index contributed by atoms with van der Waals surface area (Å²) < 4.78 is 64.2. The Morgan fingerprint density at radius 2 is 1.33 bits per heavy atom. The molecule has 212 valence electrons. The van der Waals surface area contributed by atoms with Crippen molar-refractivity contribution in [2.75, 3.05) is 6.61 Å². The molecule has 0 aromatic heterocycles. The number of hydrogen-bond acceptors (Lipinski definition) is 1. The van der Waals surface area contributed by atoms with Gasteiger partial charge in [-0.2, -0.15) is 4.39 Å². The van der Waals surface area contributed by atoms with E-state index in [1.807, 2.05) is 6.08 Å². The average molecular weight is 543 g/mol. The quantitative estimate of drug-likeness (QED) is 0.203. The van der Waals surface area contributed by atoms with Crippen molar-refractivity contribution in [3.05, 3.63) is 77.9 Å². The van der Waals surface area contributed by atoms with Crippen molar-refractivity contribution in [1.29, 1.82) is 0 Å². The van der Waals surface area contributed by atoms with Crippen LogP contribution in [0.1, 0.15) is 95.5 Å². The van der Waals surface area contributed by atoms with Crippen molar-refractivity contribution in [2.45, 2.75) is 89.9 Å². The van der Waals surface area contributed by atoms with Crippen LogP contribution in [0.3, 0.4) is 0 Å². The molecular weight excluding hydrogens is 500 g/mol. The molecule has 0 spiro atoms. The normalized spacial score (nSPS) is 23.7. The summed E-state index contributed by atoms with van der Waals surface area (Å²) in [5.74, 6) is -2.62. The van der Waals surface area contributed by atoms with E-state index in [2.05, 4.69) is 18.7 Å². The zero-order valence-corrected chi connectivity index (χ0v) is 23.2. The van der Waals surface area contributed by atoms with Crippen molar-refractivity contribution in [3.63, 3.8) is 0 Å². The molecule has 39 heavy (non-hydrogen) atoms. The lowest BCUT2D eigenvalue weighted by Gasteiger charge is -2.29. The molecular formula is C34H42F4O. The summed E-state index contributed by atoms with van der Waals surface area (Å²) in [6, 6.07) is 5.39. The van der Waals surface area contributed by atoms with Gasteiger partial charge in [0.1, 0.15) is 0 Å². The van der Waals surface area contributed by atoms with Gasteiger partial charge in [0, 0.05) is 11.1 Å². The topological polar surface area (TPSA) is 9.23 Å². The van der Waals surface area contributed by atoms with E-state index in [1.165, 1.54) is 50.3 Å². The Hall–Kier alpha value is -2.56. The van der Waals surface area contributed by atoms with Crippen LogP contribution in [0, 0.1) is 41.0 Å². The highest BCUT2D eigenvalue weighted by atomic mass is 19.2. The predicted octanol–water partition coefficient (Wildman–Crippen LogP) is 10.7. The Labute approximate surface area is 231 Å². The molecule has 0 aliphatic heterocycles. The third kappa shape index (κ3) is 7.35. The van der Waals surface area contributed by atoms with Crippen LogP contribution in [0.4, 0.5) is 17.6 Å². The number of hydrogen-bond donors (Lipinski definition) is 0. The number of ether oxygens (including phenoxy) is 1. The maximum Gasteiger partial charge on any atom is 0.201 e. The molecule has 5 heteroatoms. The van der Waals surface area contributed by atoms with Crippen LogP contribution >= 0.6 is 0 Å². The van der Waals surface area contributed by atoms with Crippen LogP contribution in [-0.4, -0.2) is 6.61 Å². The van der Waals surface area contributed by atoms with Gasteiger partial charge < -0.3 is 4.74 Å². The molecule has 0 amide bonds. The van der Waals surface area contributed by atoms with E-state index in [0.717, 1.165) is 50.9 Å². The SMILES string of the molecule is C=CCCC1CCC(/C=C/CCC2CCC(c3ccc(-c4ccc(OCC)c(F)c4F)c(F)c3F)CC2)CC1. The fourth-order valence-electron chi connectivity index (χ4n) is 6.50. The summed E-state index contributed by atoms with van der Waals surface area (Å²) in [5.41, 5.74) is -0.247. The molecule has 0 bridgehead atoms. The lowest BCUT2D eigenvalue weighted by atomic mass is 9.76. The largest absolute Gasteiger partial charge is 0.491 e. The molecule has 2 fully saturated rings. The summed E-state index contributed by atoms with van der Waals surface area (Å²) in [4.78, 5) is 0. The zero-order valence-electron chi connectivity index (χ0n) is 23.2. The molecule has 2 aromatic rings. The molecule has 2 aromatic carbocycles. The highest BCUT2D eigenvalue weighted by molar-refractivity contribution is 5.66. The number of allylic oxidation sites excluding steroid dienone is 3. The van der Waals surface area contributed by atoms with Gasteiger partial charge in [-0.3, -0.25) is 0 Å².